The molecule has 2 aromatic heterocycles. The van der Waals surface area contributed by atoms with Crippen molar-refractivity contribution in [1.29, 1.82) is 0 Å². The van der Waals surface area contributed by atoms with E-state index in [1.165, 1.54) is 16.8 Å². The third-order valence-corrected chi connectivity index (χ3v) is 3.40. The van der Waals surface area contributed by atoms with Gasteiger partial charge in [-0.1, -0.05) is 0 Å². The van der Waals surface area contributed by atoms with Gasteiger partial charge in [-0.15, -0.1) is 0 Å². The highest BCUT2D eigenvalue weighted by atomic mass is 16.5. The molecule has 0 fully saturated rings. The van der Waals surface area contributed by atoms with E-state index in [4.69, 9.17) is 4.74 Å². The highest BCUT2D eigenvalue weighted by Crippen LogP contribution is 2.14. The maximum atomic E-state index is 5.04. The second kappa shape index (κ2) is 7.17. The van der Waals surface area contributed by atoms with Gasteiger partial charge < -0.3 is 10.1 Å². The Hall–Kier alpha value is -1.72. The van der Waals surface area contributed by atoms with Crippen LogP contribution in [0.1, 0.15) is 22.5 Å². The summed E-state index contributed by atoms with van der Waals surface area (Å²) in [5.41, 5.74) is 4.78. The maximum absolute atomic E-state index is 5.04. The minimum absolute atomic E-state index is 0.725. The molecule has 0 aliphatic heterocycles. The zero-order valence-corrected chi connectivity index (χ0v) is 12.4. The molecular formula is C15H22N4O. The van der Waals surface area contributed by atoms with Crippen molar-refractivity contribution in [1.82, 2.24) is 20.1 Å². The van der Waals surface area contributed by atoms with Crippen molar-refractivity contribution < 1.29 is 4.74 Å². The molecule has 0 aliphatic rings. The third kappa shape index (κ3) is 3.65. The molecule has 2 heterocycles. The minimum Gasteiger partial charge on any atom is -0.383 e. The number of hydrogen-bond donors (Lipinski definition) is 1. The van der Waals surface area contributed by atoms with Crippen LogP contribution in [0, 0.1) is 13.8 Å². The van der Waals surface area contributed by atoms with Gasteiger partial charge in [-0.05, 0) is 31.5 Å². The van der Waals surface area contributed by atoms with Gasteiger partial charge in [-0.25, -0.2) is 0 Å². The first kappa shape index (κ1) is 14.7. The number of pyridine rings is 1. The number of methoxy groups -OCH3 is 1. The number of rotatable bonds is 7. The van der Waals surface area contributed by atoms with Gasteiger partial charge in [-0.2, -0.15) is 5.10 Å². The third-order valence-electron chi connectivity index (χ3n) is 3.40. The SMILES string of the molecule is COCCNCc1c(C)nn(Cc2ccncc2)c1C. The van der Waals surface area contributed by atoms with E-state index in [0.29, 0.717) is 0 Å². The topological polar surface area (TPSA) is 52.0 Å². The summed E-state index contributed by atoms with van der Waals surface area (Å²) in [5, 5.41) is 8.00. The summed E-state index contributed by atoms with van der Waals surface area (Å²) in [6, 6.07) is 4.04. The monoisotopic (exact) mass is 274 g/mol. The molecule has 2 aromatic rings. The summed E-state index contributed by atoms with van der Waals surface area (Å²) >= 11 is 0. The fourth-order valence-corrected chi connectivity index (χ4v) is 2.19. The van der Waals surface area contributed by atoms with Crippen LogP contribution in [0.3, 0.4) is 0 Å². The van der Waals surface area contributed by atoms with Gasteiger partial charge in [0.15, 0.2) is 0 Å². The lowest BCUT2D eigenvalue weighted by Gasteiger charge is -2.06. The summed E-state index contributed by atoms with van der Waals surface area (Å²) < 4.78 is 7.09. The van der Waals surface area contributed by atoms with E-state index in [2.05, 4.69) is 33.9 Å². The first-order chi connectivity index (χ1) is 9.72. The normalized spacial score (nSPS) is 10.9. The van der Waals surface area contributed by atoms with Crippen LogP contribution in [-0.2, 0) is 17.8 Å². The average Bonchev–Trinajstić information content (AvgIpc) is 2.72. The number of aryl methyl sites for hydroxylation is 1. The molecule has 0 amide bonds. The molecule has 0 saturated carbocycles. The lowest BCUT2D eigenvalue weighted by Crippen LogP contribution is -2.19. The summed E-state index contributed by atoms with van der Waals surface area (Å²) in [4.78, 5) is 4.04. The van der Waals surface area contributed by atoms with Gasteiger partial charge in [0.2, 0.25) is 0 Å². The highest BCUT2D eigenvalue weighted by Gasteiger charge is 2.11. The van der Waals surface area contributed by atoms with Crippen LogP contribution in [0.2, 0.25) is 0 Å². The Morgan fingerprint density at radius 2 is 2.00 bits per heavy atom. The Morgan fingerprint density at radius 3 is 2.70 bits per heavy atom. The Balaban J connectivity index is 2.04. The first-order valence-electron chi connectivity index (χ1n) is 6.83. The van der Waals surface area contributed by atoms with E-state index >= 15 is 0 Å². The number of hydrogen-bond acceptors (Lipinski definition) is 4. The molecule has 2 rings (SSSR count). The van der Waals surface area contributed by atoms with Crippen LogP contribution in [-0.4, -0.2) is 35.0 Å². The van der Waals surface area contributed by atoms with Crippen molar-refractivity contribution >= 4 is 0 Å². The van der Waals surface area contributed by atoms with E-state index in [1.54, 1.807) is 7.11 Å². The van der Waals surface area contributed by atoms with Crippen LogP contribution in [0.25, 0.3) is 0 Å². The van der Waals surface area contributed by atoms with E-state index in [9.17, 15) is 0 Å². The van der Waals surface area contributed by atoms with Gasteiger partial charge in [0.05, 0.1) is 18.8 Å². The summed E-state index contributed by atoms with van der Waals surface area (Å²) in [6.45, 7) is 7.37. The number of nitrogens with zero attached hydrogens (tertiary/aromatic N) is 3. The molecular weight excluding hydrogens is 252 g/mol. The lowest BCUT2D eigenvalue weighted by atomic mass is 10.2. The summed E-state index contributed by atoms with van der Waals surface area (Å²) in [5.74, 6) is 0. The number of nitrogens with one attached hydrogen (secondary N) is 1. The Bertz CT molecular complexity index is 536. The van der Waals surface area contributed by atoms with Gasteiger partial charge >= 0.3 is 0 Å². The zero-order chi connectivity index (χ0) is 14.4. The van der Waals surface area contributed by atoms with Crippen LogP contribution in [0.5, 0.6) is 0 Å². The minimum atomic E-state index is 0.725. The van der Waals surface area contributed by atoms with Gasteiger partial charge in [0.1, 0.15) is 0 Å². The number of ether oxygens (including phenoxy) is 1. The lowest BCUT2D eigenvalue weighted by molar-refractivity contribution is 0.199. The molecule has 0 bridgehead atoms. The van der Waals surface area contributed by atoms with Crippen molar-refractivity contribution in [3.05, 3.63) is 47.0 Å². The smallest absolute Gasteiger partial charge is 0.0663 e. The van der Waals surface area contributed by atoms with Gasteiger partial charge in [0, 0.05) is 43.9 Å². The molecule has 1 N–H and O–H groups in total. The molecule has 5 heteroatoms. The van der Waals surface area contributed by atoms with Crippen LogP contribution < -0.4 is 5.32 Å². The average molecular weight is 274 g/mol. The Morgan fingerprint density at radius 1 is 1.25 bits per heavy atom. The van der Waals surface area contributed by atoms with Crippen LogP contribution >= 0.6 is 0 Å². The van der Waals surface area contributed by atoms with E-state index in [-0.39, 0.29) is 0 Å². The second-order valence-electron chi connectivity index (χ2n) is 4.83. The van der Waals surface area contributed by atoms with Crippen molar-refractivity contribution in [2.75, 3.05) is 20.3 Å². The molecule has 0 radical (unpaired) electrons. The fourth-order valence-electron chi connectivity index (χ4n) is 2.19. The Kier molecular flexibility index (Phi) is 5.26. The highest BCUT2D eigenvalue weighted by molar-refractivity contribution is 5.25. The molecule has 0 unspecified atom stereocenters. The second-order valence-corrected chi connectivity index (χ2v) is 4.83. The summed E-state index contributed by atoms with van der Waals surface area (Å²) in [6.07, 6.45) is 3.63. The number of aromatic nitrogens is 3. The fraction of sp³-hybridized carbons (Fsp3) is 0.467. The van der Waals surface area contributed by atoms with Crippen molar-refractivity contribution in [3.63, 3.8) is 0 Å². The van der Waals surface area contributed by atoms with E-state index in [1.807, 2.05) is 24.5 Å². The van der Waals surface area contributed by atoms with Crippen molar-refractivity contribution in [2.24, 2.45) is 0 Å². The van der Waals surface area contributed by atoms with Crippen LogP contribution in [0.15, 0.2) is 24.5 Å². The molecule has 5 nitrogen and oxygen atoms in total. The van der Waals surface area contributed by atoms with Crippen molar-refractivity contribution in [2.45, 2.75) is 26.9 Å². The predicted molar refractivity (Wildman–Crippen MR) is 78.6 cm³/mol. The molecule has 0 aliphatic carbocycles. The maximum Gasteiger partial charge on any atom is 0.0663 e. The summed E-state index contributed by atoms with van der Waals surface area (Å²) in [7, 11) is 1.71. The van der Waals surface area contributed by atoms with E-state index < -0.39 is 0 Å². The van der Waals surface area contributed by atoms with E-state index in [0.717, 1.165) is 31.9 Å². The molecule has 0 spiro atoms. The molecule has 0 atom stereocenters. The molecule has 20 heavy (non-hydrogen) atoms. The Labute approximate surface area is 120 Å². The first-order valence-corrected chi connectivity index (χ1v) is 6.83. The molecule has 0 aromatic carbocycles. The molecule has 0 saturated heterocycles. The van der Waals surface area contributed by atoms with Crippen LogP contribution in [0.4, 0.5) is 0 Å². The quantitative estimate of drug-likeness (QED) is 0.781. The molecule has 108 valence electrons. The standard InChI is InChI=1S/C15H22N4O/c1-12-15(10-17-8-9-20-3)13(2)19(18-12)11-14-4-6-16-7-5-14/h4-7,17H,8-11H2,1-3H3. The predicted octanol–water partition coefficient (Wildman–Crippen LogP) is 1.68. The van der Waals surface area contributed by atoms with Gasteiger partial charge in [-0.3, -0.25) is 9.67 Å². The largest absolute Gasteiger partial charge is 0.383 e. The van der Waals surface area contributed by atoms with Gasteiger partial charge in [0.25, 0.3) is 0 Å². The van der Waals surface area contributed by atoms with Crippen molar-refractivity contribution in [3.8, 4) is 0 Å². The zero-order valence-electron chi connectivity index (χ0n) is 12.4.